The highest BCUT2D eigenvalue weighted by atomic mass is 32.1. The number of thiazole rings is 1. The Morgan fingerprint density at radius 3 is 2.92 bits per heavy atom. The smallest absolute Gasteiger partial charge is 0.196 e. The van der Waals surface area contributed by atoms with Crippen LogP contribution in [0.2, 0.25) is 0 Å². The van der Waals surface area contributed by atoms with Crippen molar-refractivity contribution in [3.8, 4) is 0 Å². The van der Waals surface area contributed by atoms with E-state index in [-0.39, 0.29) is 0 Å². The van der Waals surface area contributed by atoms with Gasteiger partial charge in [0.2, 0.25) is 0 Å². The fraction of sp³-hybridized carbons (Fsp3) is 0.316. The fourth-order valence-electron chi connectivity index (χ4n) is 3.62. The number of rotatable bonds is 3. The molecule has 0 N–H and O–H groups in total. The van der Waals surface area contributed by atoms with Crippen molar-refractivity contribution in [1.29, 1.82) is 0 Å². The van der Waals surface area contributed by atoms with Gasteiger partial charge in [0, 0.05) is 43.5 Å². The second-order valence-corrected chi connectivity index (χ2v) is 7.29. The van der Waals surface area contributed by atoms with Gasteiger partial charge >= 0.3 is 0 Å². The van der Waals surface area contributed by atoms with E-state index in [2.05, 4.69) is 36.2 Å². The van der Waals surface area contributed by atoms with Crippen molar-refractivity contribution in [3.05, 3.63) is 47.2 Å². The van der Waals surface area contributed by atoms with E-state index in [0.717, 1.165) is 72.7 Å². The number of furan rings is 1. The van der Waals surface area contributed by atoms with E-state index in [4.69, 9.17) is 4.42 Å². The van der Waals surface area contributed by atoms with Crippen LogP contribution in [0.15, 0.2) is 45.9 Å². The average molecular weight is 365 g/mol. The molecule has 7 heteroatoms. The number of fused-ring (bicyclic) bond motifs is 3. The number of anilines is 1. The molecule has 6 nitrogen and oxygen atoms in total. The number of para-hydroxylation sites is 1. The van der Waals surface area contributed by atoms with E-state index in [1.807, 2.05) is 23.7 Å². The molecule has 0 spiro atoms. The van der Waals surface area contributed by atoms with Crippen LogP contribution in [0, 0.1) is 0 Å². The zero-order valence-corrected chi connectivity index (χ0v) is 15.2. The van der Waals surface area contributed by atoms with Gasteiger partial charge in [0.25, 0.3) is 0 Å². The number of nitrogens with zero attached hydrogens (tertiary/aromatic N) is 5. The van der Waals surface area contributed by atoms with Crippen molar-refractivity contribution < 1.29 is 4.42 Å². The van der Waals surface area contributed by atoms with Crippen molar-refractivity contribution in [1.82, 2.24) is 19.9 Å². The molecule has 0 atom stereocenters. The molecule has 0 saturated carbocycles. The Balaban J connectivity index is 1.43. The molecule has 0 bridgehead atoms. The van der Waals surface area contributed by atoms with Gasteiger partial charge in [-0.15, -0.1) is 11.3 Å². The summed E-state index contributed by atoms with van der Waals surface area (Å²) in [5.41, 5.74) is 5.61. The summed E-state index contributed by atoms with van der Waals surface area (Å²) in [6.07, 6.45) is 2.74. The van der Waals surface area contributed by atoms with Crippen LogP contribution >= 0.6 is 11.3 Å². The minimum Gasteiger partial charge on any atom is -0.450 e. The topological polar surface area (TPSA) is 58.3 Å². The molecule has 1 aromatic carbocycles. The van der Waals surface area contributed by atoms with E-state index in [9.17, 15) is 0 Å². The number of hydrogen-bond donors (Lipinski definition) is 0. The van der Waals surface area contributed by atoms with Crippen LogP contribution in [-0.4, -0.2) is 46.0 Å². The van der Waals surface area contributed by atoms with E-state index in [0.29, 0.717) is 0 Å². The second-order valence-electron chi connectivity index (χ2n) is 6.57. The van der Waals surface area contributed by atoms with E-state index in [1.54, 1.807) is 17.7 Å². The lowest BCUT2D eigenvalue weighted by atomic mass is 10.2. The molecule has 0 unspecified atom stereocenters. The van der Waals surface area contributed by atoms with Crippen LogP contribution in [0.4, 0.5) is 5.82 Å². The maximum Gasteiger partial charge on any atom is 0.196 e. The number of hydrogen-bond acceptors (Lipinski definition) is 7. The van der Waals surface area contributed by atoms with Crippen LogP contribution in [0.25, 0.3) is 22.1 Å². The van der Waals surface area contributed by atoms with E-state index >= 15 is 0 Å². The standard InChI is InChI=1S/C19H19N5OS/c1-2-5-16-15(4-1)17-18(25-16)19(21-12-20-17)24-7-3-6-23(8-9-24)10-14-11-26-13-22-14/h1-2,4-5,11-13H,3,6-10H2. The third-order valence-electron chi connectivity index (χ3n) is 4.90. The summed E-state index contributed by atoms with van der Waals surface area (Å²) in [6, 6.07) is 8.04. The summed E-state index contributed by atoms with van der Waals surface area (Å²) in [7, 11) is 0. The minimum atomic E-state index is 0.793. The molecule has 4 heterocycles. The predicted octanol–water partition coefficient (Wildman–Crippen LogP) is 3.54. The Morgan fingerprint density at radius 1 is 1.04 bits per heavy atom. The van der Waals surface area contributed by atoms with Gasteiger partial charge in [0.15, 0.2) is 11.4 Å². The summed E-state index contributed by atoms with van der Waals surface area (Å²) >= 11 is 1.66. The highest BCUT2D eigenvalue weighted by molar-refractivity contribution is 7.07. The molecule has 1 fully saturated rings. The molecular formula is C19H19N5OS. The molecule has 1 aliphatic heterocycles. The Labute approximate surface area is 155 Å². The van der Waals surface area contributed by atoms with Crippen molar-refractivity contribution in [2.75, 3.05) is 31.1 Å². The first-order chi connectivity index (χ1) is 12.9. The van der Waals surface area contributed by atoms with Crippen molar-refractivity contribution >= 4 is 39.2 Å². The largest absolute Gasteiger partial charge is 0.450 e. The minimum absolute atomic E-state index is 0.793. The highest BCUT2D eigenvalue weighted by Gasteiger charge is 2.21. The monoisotopic (exact) mass is 365 g/mol. The van der Waals surface area contributed by atoms with E-state index < -0.39 is 0 Å². The third-order valence-corrected chi connectivity index (χ3v) is 5.53. The van der Waals surface area contributed by atoms with Gasteiger partial charge in [0.05, 0.1) is 11.2 Å². The Morgan fingerprint density at radius 2 is 2.00 bits per heavy atom. The first-order valence-electron chi connectivity index (χ1n) is 8.85. The van der Waals surface area contributed by atoms with Crippen molar-refractivity contribution in [3.63, 3.8) is 0 Å². The molecule has 5 rings (SSSR count). The van der Waals surface area contributed by atoms with Crippen LogP contribution in [0.3, 0.4) is 0 Å². The van der Waals surface area contributed by atoms with Crippen LogP contribution < -0.4 is 4.90 Å². The quantitative estimate of drug-likeness (QED) is 0.553. The second kappa shape index (κ2) is 6.66. The summed E-state index contributed by atoms with van der Waals surface area (Å²) < 4.78 is 6.10. The van der Waals surface area contributed by atoms with E-state index in [1.165, 1.54) is 0 Å². The maximum absolute atomic E-state index is 6.10. The van der Waals surface area contributed by atoms with Gasteiger partial charge < -0.3 is 9.32 Å². The number of aromatic nitrogens is 3. The summed E-state index contributed by atoms with van der Waals surface area (Å²) in [5, 5.41) is 3.18. The molecule has 1 aliphatic rings. The van der Waals surface area contributed by atoms with Gasteiger partial charge in [-0.3, -0.25) is 4.90 Å². The molecule has 4 aromatic rings. The Hall–Kier alpha value is -2.51. The fourth-order valence-corrected chi connectivity index (χ4v) is 4.17. The third kappa shape index (κ3) is 2.83. The normalized spacial score (nSPS) is 16.4. The Kier molecular flexibility index (Phi) is 4.03. The lowest BCUT2D eigenvalue weighted by Gasteiger charge is -2.22. The molecule has 0 amide bonds. The first-order valence-corrected chi connectivity index (χ1v) is 9.79. The maximum atomic E-state index is 6.10. The zero-order valence-electron chi connectivity index (χ0n) is 14.3. The van der Waals surface area contributed by atoms with Gasteiger partial charge in [-0.05, 0) is 18.6 Å². The molecule has 0 aliphatic carbocycles. The molecule has 1 saturated heterocycles. The average Bonchev–Trinajstić information content (AvgIpc) is 3.25. The summed E-state index contributed by atoms with van der Waals surface area (Å²) in [4.78, 5) is 18.2. The Bertz CT molecular complexity index is 1030. The molecule has 132 valence electrons. The number of benzene rings is 1. The predicted molar refractivity (Wildman–Crippen MR) is 104 cm³/mol. The van der Waals surface area contributed by atoms with Gasteiger partial charge in [-0.25, -0.2) is 15.0 Å². The lowest BCUT2D eigenvalue weighted by Crippen LogP contribution is -2.31. The zero-order chi connectivity index (χ0) is 17.3. The molecule has 26 heavy (non-hydrogen) atoms. The van der Waals surface area contributed by atoms with Gasteiger partial charge in [-0.2, -0.15) is 0 Å². The van der Waals surface area contributed by atoms with Crippen LogP contribution in [-0.2, 0) is 6.54 Å². The van der Waals surface area contributed by atoms with Crippen molar-refractivity contribution in [2.24, 2.45) is 0 Å². The molecular weight excluding hydrogens is 346 g/mol. The van der Waals surface area contributed by atoms with Crippen LogP contribution in [0.5, 0.6) is 0 Å². The summed E-state index contributed by atoms with van der Waals surface area (Å²) in [6.45, 7) is 4.87. The first kappa shape index (κ1) is 15.7. The van der Waals surface area contributed by atoms with Crippen molar-refractivity contribution in [2.45, 2.75) is 13.0 Å². The van der Waals surface area contributed by atoms with Gasteiger partial charge in [0.1, 0.15) is 17.4 Å². The SMILES string of the molecule is c1ccc2c(c1)oc1c(N3CCCN(Cc4cscn4)CC3)ncnc12. The van der Waals surface area contributed by atoms with Crippen LogP contribution in [0.1, 0.15) is 12.1 Å². The molecule has 0 radical (unpaired) electrons. The van der Waals surface area contributed by atoms with Gasteiger partial charge in [-0.1, -0.05) is 12.1 Å². The summed E-state index contributed by atoms with van der Waals surface area (Å²) in [5.74, 6) is 0.904. The lowest BCUT2D eigenvalue weighted by molar-refractivity contribution is 0.282. The molecule has 3 aromatic heterocycles. The highest BCUT2D eigenvalue weighted by Crippen LogP contribution is 2.32.